The maximum Gasteiger partial charge on any atom is 0.332 e. The SMILES string of the molecule is O=C(Nc1c2c(cc3c1CCC3)CCC2)NS(=O)(=O)C1CN(CCCCO)C1. The van der Waals surface area contributed by atoms with Crippen LogP contribution in [-0.2, 0) is 35.7 Å². The standard InChI is InChI=1S/C20H29N3O4S/c24-10-2-1-9-23-12-16(13-23)28(26,27)22-20(25)21-19-17-7-3-5-14(17)11-15-6-4-8-18(15)19/h11,16,24H,1-10,12-13H2,(H2,21,22,25). The zero-order chi connectivity index (χ0) is 19.7. The van der Waals surface area contributed by atoms with E-state index in [1.54, 1.807) is 0 Å². The number of nitrogens with zero attached hydrogens (tertiary/aromatic N) is 1. The number of nitrogens with one attached hydrogen (secondary N) is 2. The molecule has 1 saturated heterocycles. The maximum absolute atomic E-state index is 12.5. The lowest BCUT2D eigenvalue weighted by atomic mass is 9.99. The second-order valence-corrected chi connectivity index (χ2v) is 10.1. The van der Waals surface area contributed by atoms with Crippen LogP contribution < -0.4 is 10.0 Å². The highest BCUT2D eigenvalue weighted by Crippen LogP contribution is 2.38. The Kier molecular flexibility index (Phi) is 5.62. The van der Waals surface area contributed by atoms with E-state index >= 15 is 0 Å². The largest absolute Gasteiger partial charge is 0.396 e. The number of hydrogen-bond acceptors (Lipinski definition) is 5. The van der Waals surface area contributed by atoms with Crippen molar-refractivity contribution in [2.75, 3.05) is 31.6 Å². The average Bonchev–Trinajstić information content (AvgIpc) is 3.24. The van der Waals surface area contributed by atoms with Crippen molar-refractivity contribution in [2.24, 2.45) is 0 Å². The molecule has 1 heterocycles. The summed E-state index contributed by atoms with van der Waals surface area (Å²) in [7, 11) is -3.69. The van der Waals surface area contributed by atoms with Crippen LogP contribution in [0.1, 0.15) is 47.9 Å². The van der Waals surface area contributed by atoms with Gasteiger partial charge < -0.3 is 15.3 Å². The van der Waals surface area contributed by atoms with Gasteiger partial charge in [-0.15, -0.1) is 0 Å². The molecule has 7 nitrogen and oxygen atoms in total. The minimum atomic E-state index is -3.69. The van der Waals surface area contributed by atoms with E-state index in [0.717, 1.165) is 63.6 Å². The zero-order valence-electron chi connectivity index (χ0n) is 16.2. The molecule has 4 rings (SSSR count). The number of aliphatic hydroxyl groups excluding tert-OH is 1. The molecule has 3 aliphatic rings. The van der Waals surface area contributed by atoms with E-state index in [4.69, 9.17) is 5.11 Å². The molecule has 0 unspecified atom stereocenters. The summed E-state index contributed by atoms with van der Waals surface area (Å²) in [6.07, 6.45) is 7.69. The van der Waals surface area contributed by atoms with E-state index in [0.29, 0.717) is 13.1 Å². The molecule has 154 valence electrons. The van der Waals surface area contributed by atoms with Crippen molar-refractivity contribution in [3.8, 4) is 0 Å². The number of amides is 2. The van der Waals surface area contributed by atoms with Gasteiger partial charge in [-0.25, -0.2) is 17.9 Å². The van der Waals surface area contributed by atoms with Gasteiger partial charge in [0.25, 0.3) is 0 Å². The van der Waals surface area contributed by atoms with E-state index in [2.05, 4.69) is 16.1 Å². The molecule has 8 heteroatoms. The number of rotatable bonds is 7. The lowest BCUT2D eigenvalue weighted by molar-refractivity contribution is 0.174. The minimum absolute atomic E-state index is 0.157. The van der Waals surface area contributed by atoms with Crippen molar-refractivity contribution >= 4 is 21.7 Å². The Hall–Kier alpha value is -1.64. The summed E-state index contributed by atoms with van der Waals surface area (Å²) in [6.45, 7) is 1.81. The van der Waals surface area contributed by atoms with Crippen molar-refractivity contribution in [3.05, 3.63) is 28.3 Å². The first kappa shape index (κ1) is 19.7. The Bertz CT molecular complexity index is 830. The number of hydrogen-bond donors (Lipinski definition) is 3. The number of anilines is 1. The van der Waals surface area contributed by atoms with Crippen molar-refractivity contribution < 1.29 is 18.3 Å². The number of unbranched alkanes of at least 4 members (excludes halogenated alkanes) is 1. The number of likely N-dealkylation sites (tertiary alicyclic amines) is 1. The summed E-state index contributed by atoms with van der Waals surface area (Å²) >= 11 is 0. The summed E-state index contributed by atoms with van der Waals surface area (Å²) < 4.78 is 27.3. The third-order valence-corrected chi connectivity index (χ3v) is 7.84. The monoisotopic (exact) mass is 407 g/mol. The molecule has 0 bridgehead atoms. The van der Waals surface area contributed by atoms with Gasteiger partial charge in [-0.1, -0.05) is 6.07 Å². The number of carbonyl (C=O) groups excluding carboxylic acids is 1. The fraction of sp³-hybridized carbons (Fsp3) is 0.650. The molecule has 0 saturated carbocycles. The molecule has 2 aliphatic carbocycles. The van der Waals surface area contributed by atoms with Gasteiger partial charge in [-0.3, -0.25) is 0 Å². The molecule has 2 amide bonds. The Morgan fingerprint density at radius 2 is 1.71 bits per heavy atom. The number of carbonyl (C=O) groups is 1. The maximum atomic E-state index is 12.5. The molecule has 3 N–H and O–H groups in total. The lowest BCUT2D eigenvalue weighted by Crippen LogP contribution is -2.58. The molecule has 1 aromatic rings. The number of urea groups is 1. The zero-order valence-corrected chi connectivity index (χ0v) is 17.0. The first-order chi connectivity index (χ1) is 13.5. The van der Waals surface area contributed by atoms with Crippen LogP contribution in [0, 0.1) is 0 Å². The van der Waals surface area contributed by atoms with Crippen molar-refractivity contribution in [3.63, 3.8) is 0 Å². The molecule has 1 aromatic carbocycles. The summed E-state index contributed by atoms with van der Waals surface area (Å²) in [5.41, 5.74) is 5.83. The summed E-state index contributed by atoms with van der Waals surface area (Å²) in [5, 5.41) is 11.1. The molecule has 0 aromatic heterocycles. The Morgan fingerprint density at radius 1 is 1.07 bits per heavy atom. The molecular weight excluding hydrogens is 378 g/mol. The van der Waals surface area contributed by atoms with Gasteiger partial charge >= 0.3 is 6.03 Å². The minimum Gasteiger partial charge on any atom is -0.396 e. The highest BCUT2D eigenvalue weighted by Gasteiger charge is 2.38. The number of aryl methyl sites for hydroxylation is 2. The van der Waals surface area contributed by atoms with Gasteiger partial charge in [0, 0.05) is 25.4 Å². The van der Waals surface area contributed by atoms with Gasteiger partial charge in [-0.2, -0.15) is 0 Å². The highest BCUT2D eigenvalue weighted by atomic mass is 32.2. The van der Waals surface area contributed by atoms with Gasteiger partial charge in [0.2, 0.25) is 10.0 Å². The molecular formula is C20H29N3O4S. The predicted octanol–water partition coefficient (Wildman–Crippen LogP) is 1.57. The van der Waals surface area contributed by atoms with Gasteiger partial charge in [0.05, 0.1) is 0 Å². The molecule has 28 heavy (non-hydrogen) atoms. The number of benzene rings is 1. The molecule has 0 spiro atoms. The van der Waals surface area contributed by atoms with E-state index in [-0.39, 0.29) is 6.61 Å². The topological polar surface area (TPSA) is 98.7 Å². The summed E-state index contributed by atoms with van der Waals surface area (Å²) in [6, 6.07) is 1.64. The Balaban J connectivity index is 1.38. The number of sulfonamides is 1. The molecule has 0 radical (unpaired) electrons. The van der Waals surface area contributed by atoms with Gasteiger partial charge in [-0.05, 0) is 80.2 Å². The highest BCUT2D eigenvalue weighted by molar-refractivity contribution is 7.90. The van der Waals surface area contributed by atoms with Crippen molar-refractivity contribution in [2.45, 2.75) is 56.6 Å². The molecule has 0 atom stereocenters. The van der Waals surface area contributed by atoms with Gasteiger partial charge in [0.1, 0.15) is 5.25 Å². The van der Waals surface area contributed by atoms with Crippen LogP contribution in [0.4, 0.5) is 10.5 Å². The second-order valence-electron chi connectivity index (χ2n) is 8.15. The van der Waals surface area contributed by atoms with Crippen LogP contribution in [0.25, 0.3) is 0 Å². The third kappa shape index (κ3) is 3.90. The first-order valence-corrected chi connectivity index (χ1v) is 11.8. The smallest absolute Gasteiger partial charge is 0.332 e. The van der Waals surface area contributed by atoms with Crippen molar-refractivity contribution in [1.29, 1.82) is 0 Å². The van der Waals surface area contributed by atoms with E-state index < -0.39 is 21.3 Å². The lowest BCUT2D eigenvalue weighted by Gasteiger charge is -2.38. The van der Waals surface area contributed by atoms with E-state index in [9.17, 15) is 13.2 Å². The summed E-state index contributed by atoms with van der Waals surface area (Å²) in [4.78, 5) is 14.6. The van der Waals surface area contributed by atoms with Crippen LogP contribution in [-0.4, -0.2) is 55.9 Å². The Labute approximate surface area is 166 Å². The van der Waals surface area contributed by atoms with Crippen LogP contribution in [0.5, 0.6) is 0 Å². The van der Waals surface area contributed by atoms with Crippen molar-refractivity contribution in [1.82, 2.24) is 9.62 Å². The predicted molar refractivity (Wildman–Crippen MR) is 108 cm³/mol. The van der Waals surface area contributed by atoms with Gasteiger partial charge in [0.15, 0.2) is 0 Å². The van der Waals surface area contributed by atoms with Crippen LogP contribution >= 0.6 is 0 Å². The molecule has 1 aliphatic heterocycles. The fourth-order valence-corrected chi connectivity index (χ4v) is 5.96. The first-order valence-electron chi connectivity index (χ1n) is 10.3. The number of fused-ring (bicyclic) bond motifs is 2. The molecule has 1 fully saturated rings. The third-order valence-electron chi connectivity index (χ3n) is 6.19. The number of aliphatic hydroxyl groups is 1. The van der Waals surface area contributed by atoms with Crippen LogP contribution in [0.3, 0.4) is 0 Å². The van der Waals surface area contributed by atoms with E-state index in [1.165, 1.54) is 22.3 Å². The quantitative estimate of drug-likeness (QED) is 0.596. The van der Waals surface area contributed by atoms with E-state index in [1.807, 2.05) is 4.90 Å². The average molecular weight is 408 g/mol. The Morgan fingerprint density at radius 3 is 2.32 bits per heavy atom. The normalized spacial score (nSPS) is 19.2. The second kappa shape index (κ2) is 8.00. The van der Waals surface area contributed by atoms with Crippen LogP contribution in [0.2, 0.25) is 0 Å². The fourth-order valence-electron chi connectivity index (χ4n) is 4.67. The summed E-state index contributed by atoms with van der Waals surface area (Å²) in [5.74, 6) is 0. The van der Waals surface area contributed by atoms with Crippen LogP contribution in [0.15, 0.2) is 6.07 Å².